The van der Waals surface area contributed by atoms with Crippen LogP contribution in [0.15, 0.2) is 0 Å². The van der Waals surface area contributed by atoms with Gasteiger partial charge in [0.05, 0.1) is 32.5 Å². The summed E-state index contributed by atoms with van der Waals surface area (Å²) < 4.78 is 0. The van der Waals surface area contributed by atoms with Gasteiger partial charge in [0.25, 0.3) is 0 Å². The third-order valence-electron chi connectivity index (χ3n) is 1.78. The lowest BCUT2D eigenvalue weighted by Crippen LogP contribution is -2.32. The molecule has 134 valence electrons. The second-order valence-electron chi connectivity index (χ2n) is 3.77. The Hall–Kier alpha value is -2.24. The van der Waals surface area contributed by atoms with E-state index in [9.17, 15) is 19.2 Å². The quantitative estimate of drug-likeness (QED) is 0.350. The number of nitrogens with two attached hydrogens (primary N) is 1. The van der Waals surface area contributed by atoms with Crippen molar-refractivity contribution in [3.05, 3.63) is 0 Å². The van der Waals surface area contributed by atoms with E-state index in [2.05, 4.69) is 19.6 Å². The van der Waals surface area contributed by atoms with Crippen molar-refractivity contribution in [1.82, 2.24) is 0 Å². The molecule has 0 aliphatic rings. The molecule has 0 bridgehead atoms. The van der Waals surface area contributed by atoms with E-state index < -0.39 is 36.3 Å². The van der Waals surface area contributed by atoms with Crippen LogP contribution in [-0.4, -0.2) is 53.3 Å². The topological polar surface area (TPSA) is 172 Å². The summed E-state index contributed by atoms with van der Waals surface area (Å²) >= 11 is 0. The van der Waals surface area contributed by atoms with E-state index in [1.54, 1.807) is 13.8 Å². The zero-order valence-corrected chi connectivity index (χ0v) is 12.9. The number of hydrogen-bond donors (Lipinski definition) is 3. The lowest BCUT2D eigenvalue weighted by molar-refractivity contribution is -0.275. The summed E-state index contributed by atoms with van der Waals surface area (Å²) in [6.45, 7) is 3.90. The van der Waals surface area contributed by atoms with Crippen LogP contribution in [0, 0.1) is 0 Å². The minimum absolute atomic E-state index is 0.0914. The van der Waals surface area contributed by atoms with Gasteiger partial charge in [-0.05, 0) is 13.8 Å². The van der Waals surface area contributed by atoms with E-state index >= 15 is 0 Å². The van der Waals surface area contributed by atoms with Gasteiger partial charge in [-0.15, -0.1) is 0 Å². The molecule has 0 aromatic rings. The predicted octanol–water partition coefficient (Wildman–Crippen LogP) is -0.371. The van der Waals surface area contributed by atoms with E-state index in [4.69, 9.17) is 15.9 Å². The lowest BCUT2D eigenvalue weighted by atomic mass is 10.2. The largest absolute Gasteiger partial charge is 0.481 e. The maximum absolute atomic E-state index is 10.8. The van der Waals surface area contributed by atoms with Crippen LogP contribution in [0.2, 0.25) is 0 Å². The maximum atomic E-state index is 10.8. The molecule has 0 radical (unpaired) electrons. The molecule has 0 fully saturated rings. The average Bonchev–Trinajstić information content (AvgIpc) is 2.48. The Labute approximate surface area is 132 Å². The standard InChI is InChI=1S/C8H14O6.C4H7NO4/c1-3-11-13-7(9)5-6-8(10)14-12-4-2;5-2(4(8)9)1-3(6)7/h3-6H2,1-2H3;2H,1,5H2,(H,6,7)(H,8,9)/t;2-/m.0/s1. The van der Waals surface area contributed by atoms with Gasteiger partial charge in [0.2, 0.25) is 0 Å². The fourth-order valence-corrected chi connectivity index (χ4v) is 0.812. The van der Waals surface area contributed by atoms with Crippen molar-refractivity contribution in [2.45, 2.75) is 39.2 Å². The van der Waals surface area contributed by atoms with Crippen LogP contribution in [0.5, 0.6) is 0 Å². The highest BCUT2D eigenvalue weighted by Gasteiger charge is 2.14. The highest BCUT2D eigenvalue weighted by molar-refractivity contribution is 5.80. The smallest absolute Gasteiger partial charge is 0.342 e. The minimum atomic E-state index is -1.29. The van der Waals surface area contributed by atoms with Crippen molar-refractivity contribution in [2.75, 3.05) is 13.2 Å². The zero-order valence-electron chi connectivity index (χ0n) is 12.9. The van der Waals surface area contributed by atoms with Crippen LogP contribution < -0.4 is 5.73 Å². The highest BCUT2D eigenvalue weighted by Crippen LogP contribution is 1.96. The Balaban J connectivity index is 0. The normalized spacial score (nSPS) is 10.7. The molecule has 0 aliphatic heterocycles. The Morgan fingerprint density at radius 2 is 1.30 bits per heavy atom. The van der Waals surface area contributed by atoms with E-state index in [0.29, 0.717) is 0 Å². The molecule has 1 atom stereocenters. The number of carbonyl (C=O) groups is 4. The molecule has 0 aromatic heterocycles. The van der Waals surface area contributed by atoms with E-state index in [1.807, 2.05) is 0 Å². The summed E-state index contributed by atoms with van der Waals surface area (Å²) in [4.78, 5) is 58.5. The summed E-state index contributed by atoms with van der Waals surface area (Å²) in [5.74, 6) is -3.72. The number of carboxylic acids is 2. The van der Waals surface area contributed by atoms with Gasteiger partial charge in [0.1, 0.15) is 6.04 Å². The predicted molar refractivity (Wildman–Crippen MR) is 72.5 cm³/mol. The Kier molecular flexibility index (Phi) is 14.7. The van der Waals surface area contributed by atoms with Gasteiger partial charge in [-0.2, -0.15) is 9.78 Å². The maximum Gasteiger partial charge on any atom is 0.342 e. The van der Waals surface area contributed by atoms with Gasteiger partial charge < -0.3 is 15.9 Å². The van der Waals surface area contributed by atoms with Crippen molar-refractivity contribution in [2.24, 2.45) is 5.73 Å². The minimum Gasteiger partial charge on any atom is -0.481 e. The van der Waals surface area contributed by atoms with Crippen LogP contribution in [0.25, 0.3) is 0 Å². The molecule has 0 aromatic carbocycles. The SMILES string of the molecule is CCOOC(=O)CCC(=O)OOCC.N[C@@H](CC(=O)O)C(=O)O. The van der Waals surface area contributed by atoms with Crippen molar-refractivity contribution in [1.29, 1.82) is 0 Å². The first-order valence-corrected chi connectivity index (χ1v) is 6.59. The number of hydrogen-bond acceptors (Lipinski definition) is 9. The second-order valence-corrected chi connectivity index (χ2v) is 3.77. The van der Waals surface area contributed by atoms with Gasteiger partial charge >= 0.3 is 23.9 Å². The second kappa shape index (κ2) is 14.7. The van der Waals surface area contributed by atoms with Crippen LogP contribution >= 0.6 is 0 Å². The summed E-state index contributed by atoms with van der Waals surface area (Å²) in [6.07, 6.45) is -0.715. The van der Waals surface area contributed by atoms with E-state index in [1.165, 1.54) is 0 Å². The van der Waals surface area contributed by atoms with Crippen LogP contribution in [0.4, 0.5) is 0 Å². The van der Waals surface area contributed by atoms with Gasteiger partial charge in [-0.3, -0.25) is 19.4 Å². The number of carbonyl (C=O) groups excluding carboxylic acids is 2. The van der Waals surface area contributed by atoms with Crippen molar-refractivity contribution in [3.8, 4) is 0 Å². The monoisotopic (exact) mass is 339 g/mol. The molecule has 11 heteroatoms. The van der Waals surface area contributed by atoms with Crippen LogP contribution in [0.1, 0.15) is 33.1 Å². The summed E-state index contributed by atoms with van der Waals surface area (Å²) in [7, 11) is 0. The molecular formula is C12H21NO10. The lowest BCUT2D eigenvalue weighted by Gasteiger charge is -2.01. The Morgan fingerprint density at radius 1 is 0.913 bits per heavy atom. The summed E-state index contributed by atoms with van der Waals surface area (Å²) in [6, 6.07) is -1.29. The van der Waals surface area contributed by atoms with Crippen molar-refractivity contribution >= 4 is 23.9 Å². The molecule has 4 N–H and O–H groups in total. The number of carboxylic acid groups (broad SMARTS) is 2. The van der Waals surface area contributed by atoms with Gasteiger partial charge in [0.15, 0.2) is 0 Å². The molecule has 11 nitrogen and oxygen atoms in total. The van der Waals surface area contributed by atoms with Crippen LogP contribution in [0.3, 0.4) is 0 Å². The van der Waals surface area contributed by atoms with Gasteiger partial charge in [-0.25, -0.2) is 9.59 Å². The van der Waals surface area contributed by atoms with Crippen molar-refractivity contribution in [3.63, 3.8) is 0 Å². The Bertz CT molecular complexity index is 364. The third-order valence-corrected chi connectivity index (χ3v) is 1.78. The van der Waals surface area contributed by atoms with Crippen molar-refractivity contribution < 1.29 is 48.9 Å². The van der Waals surface area contributed by atoms with E-state index in [-0.39, 0.29) is 26.1 Å². The molecule has 23 heavy (non-hydrogen) atoms. The molecule has 0 saturated carbocycles. The molecule has 0 amide bonds. The number of rotatable bonds is 10. The summed E-state index contributed by atoms with van der Waals surface area (Å²) in [5, 5.41) is 16.0. The zero-order chi connectivity index (χ0) is 18.3. The summed E-state index contributed by atoms with van der Waals surface area (Å²) in [5.41, 5.74) is 4.84. The van der Waals surface area contributed by atoms with Gasteiger partial charge in [0, 0.05) is 0 Å². The first-order valence-electron chi connectivity index (χ1n) is 6.59. The first kappa shape index (κ1) is 23.0. The molecule has 0 heterocycles. The third kappa shape index (κ3) is 17.7. The molecule has 0 unspecified atom stereocenters. The first-order chi connectivity index (χ1) is 10.7. The fraction of sp³-hybridized carbons (Fsp3) is 0.667. The fourth-order valence-electron chi connectivity index (χ4n) is 0.812. The molecular weight excluding hydrogens is 318 g/mol. The average molecular weight is 339 g/mol. The molecule has 0 saturated heterocycles. The van der Waals surface area contributed by atoms with Gasteiger partial charge in [-0.1, -0.05) is 0 Å². The van der Waals surface area contributed by atoms with E-state index in [0.717, 1.165) is 0 Å². The number of aliphatic carboxylic acids is 2. The van der Waals surface area contributed by atoms with Crippen LogP contribution in [-0.2, 0) is 38.7 Å². The molecule has 0 aliphatic carbocycles. The molecule has 0 rings (SSSR count). The Morgan fingerprint density at radius 3 is 1.52 bits per heavy atom. The molecule has 0 spiro atoms. The highest BCUT2D eigenvalue weighted by atomic mass is 17.2.